The van der Waals surface area contributed by atoms with Crippen LogP contribution in [0.3, 0.4) is 0 Å². The van der Waals surface area contributed by atoms with Crippen molar-refractivity contribution in [2.24, 2.45) is 0 Å². The molecular weight excluding hydrogens is 273 g/mol. The quantitative estimate of drug-likeness (QED) is 0.835. The van der Waals surface area contributed by atoms with Gasteiger partial charge in [-0.3, -0.25) is 4.79 Å². The lowest BCUT2D eigenvalue weighted by molar-refractivity contribution is 0.102. The zero-order chi connectivity index (χ0) is 14.5. The number of rotatable bonds is 4. The molecule has 1 N–H and O–H groups in total. The summed E-state index contributed by atoms with van der Waals surface area (Å²) in [6.07, 6.45) is 0. The Morgan fingerprint density at radius 2 is 1.90 bits per heavy atom. The molecule has 0 heterocycles. The lowest BCUT2D eigenvalue weighted by Crippen LogP contribution is -2.13. The van der Waals surface area contributed by atoms with Gasteiger partial charge in [-0.1, -0.05) is 32.0 Å². The van der Waals surface area contributed by atoms with Crippen molar-refractivity contribution < 1.29 is 9.18 Å². The Morgan fingerprint density at radius 3 is 2.60 bits per heavy atom. The summed E-state index contributed by atoms with van der Waals surface area (Å²) in [6, 6.07) is 13.3. The number of benzene rings is 2. The average molecular weight is 289 g/mol. The maximum atomic E-state index is 13.1. The average Bonchev–Trinajstić information content (AvgIpc) is 2.38. The number of anilines is 1. The van der Waals surface area contributed by atoms with Crippen LogP contribution in [0.5, 0.6) is 0 Å². The van der Waals surface area contributed by atoms with E-state index >= 15 is 0 Å². The van der Waals surface area contributed by atoms with Crippen LogP contribution in [0.15, 0.2) is 53.4 Å². The van der Waals surface area contributed by atoms with Gasteiger partial charge < -0.3 is 5.32 Å². The van der Waals surface area contributed by atoms with E-state index in [1.165, 1.54) is 12.1 Å². The molecule has 0 unspecified atom stereocenters. The number of carbonyl (C=O) groups is 1. The number of halogens is 1. The fourth-order valence-electron chi connectivity index (χ4n) is 1.78. The molecule has 0 aliphatic heterocycles. The van der Waals surface area contributed by atoms with Gasteiger partial charge in [-0.2, -0.15) is 0 Å². The van der Waals surface area contributed by atoms with E-state index in [9.17, 15) is 9.18 Å². The number of amides is 1. The summed E-state index contributed by atoms with van der Waals surface area (Å²) in [5, 5.41) is 3.11. The molecule has 0 aliphatic carbocycles. The van der Waals surface area contributed by atoms with Crippen LogP contribution < -0.4 is 5.32 Å². The highest BCUT2D eigenvalue weighted by atomic mass is 32.2. The van der Waals surface area contributed by atoms with E-state index in [1.54, 1.807) is 30.0 Å². The summed E-state index contributed by atoms with van der Waals surface area (Å²) < 4.78 is 13.1. The molecule has 0 aromatic heterocycles. The molecule has 20 heavy (non-hydrogen) atoms. The van der Waals surface area contributed by atoms with E-state index in [0.29, 0.717) is 16.5 Å². The smallest absolute Gasteiger partial charge is 0.256 e. The number of carbonyl (C=O) groups excluding carboxylic acids is 1. The molecule has 0 saturated heterocycles. The Kier molecular flexibility index (Phi) is 4.79. The third-order valence-electron chi connectivity index (χ3n) is 2.58. The molecule has 0 aliphatic rings. The topological polar surface area (TPSA) is 29.1 Å². The van der Waals surface area contributed by atoms with Crippen LogP contribution in [-0.4, -0.2) is 11.2 Å². The fraction of sp³-hybridized carbons (Fsp3) is 0.188. The Bertz CT molecular complexity index is 613. The van der Waals surface area contributed by atoms with Gasteiger partial charge in [-0.05, 0) is 30.3 Å². The predicted octanol–water partition coefficient (Wildman–Crippen LogP) is 4.58. The van der Waals surface area contributed by atoms with Crippen molar-refractivity contribution in [1.82, 2.24) is 0 Å². The van der Waals surface area contributed by atoms with Crippen molar-refractivity contribution in [1.29, 1.82) is 0 Å². The first-order valence-electron chi connectivity index (χ1n) is 6.39. The maximum absolute atomic E-state index is 13.1. The first kappa shape index (κ1) is 14.6. The van der Waals surface area contributed by atoms with Gasteiger partial charge in [0.15, 0.2) is 0 Å². The molecule has 0 spiro atoms. The van der Waals surface area contributed by atoms with Crippen LogP contribution in [0, 0.1) is 5.82 Å². The van der Waals surface area contributed by atoms with Crippen molar-refractivity contribution in [2.75, 3.05) is 5.32 Å². The summed E-state index contributed by atoms with van der Waals surface area (Å²) in [7, 11) is 0. The summed E-state index contributed by atoms with van der Waals surface area (Å²) in [6.45, 7) is 4.15. The molecule has 2 aromatic carbocycles. The molecule has 4 heteroatoms. The highest BCUT2D eigenvalue weighted by Crippen LogP contribution is 2.27. The number of hydrogen-bond acceptors (Lipinski definition) is 2. The predicted molar refractivity (Wildman–Crippen MR) is 81.8 cm³/mol. The Morgan fingerprint density at radius 1 is 1.15 bits per heavy atom. The number of nitrogens with one attached hydrogen (secondary N) is 1. The monoisotopic (exact) mass is 289 g/mol. The van der Waals surface area contributed by atoms with E-state index in [1.807, 2.05) is 18.2 Å². The van der Waals surface area contributed by atoms with Gasteiger partial charge in [0.2, 0.25) is 0 Å². The van der Waals surface area contributed by atoms with Crippen LogP contribution >= 0.6 is 11.8 Å². The van der Waals surface area contributed by atoms with Gasteiger partial charge in [-0.15, -0.1) is 11.8 Å². The zero-order valence-electron chi connectivity index (χ0n) is 11.4. The number of thioether (sulfide) groups is 1. The normalized spacial score (nSPS) is 10.6. The van der Waals surface area contributed by atoms with E-state index in [0.717, 1.165) is 4.90 Å². The van der Waals surface area contributed by atoms with Crippen LogP contribution in [-0.2, 0) is 0 Å². The van der Waals surface area contributed by atoms with Crippen LogP contribution in [0.4, 0.5) is 10.1 Å². The van der Waals surface area contributed by atoms with E-state index in [-0.39, 0.29) is 11.7 Å². The molecule has 0 radical (unpaired) electrons. The largest absolute Gasteiger partial charge is 0.322 e. The van der Waals surface area contributed by atoms with Gasteiger partial charge in [0.25, 0.3) is 5.91 Å². The van der Waals surface area contributed by atoms with Crippen LogP contribution in [0.25, 0.3) is 0 Å². The third-order valence-corrected chi connectivity index (χ3v) is 3.66. The number of hydrogen-bond donors (Lipinski definition) is 1. The highest BCUT2D eigenvalue weighted by Gasteiger charge is 2.12. The second-order valence-corrected chi connectivity index (χ2v) is 6.25. The summed E-state index contributed by atoms with van der Waals surface area (Å²) in [5.74, 6) is -0.591. The standard InChI is InChI=1S/C16H16FNOS/c1-11(2)20-15-9-4-3-8-14(15)16(19)18-13-7-5-6-12(17)10-13/h3-11H,1-2H3,(H,18,19). The minimum atomic E-state index is -0.368. The van der Waals surface area contributed by atoms with Crippen molar-refractivity contribution in [3.8, 4) is 0 Å². The van der Waals surface area contributed by atoms with Gasteiger partial charge >= 0.3 is 0 Å². The highest BCUT2D eigenvalue weighted by molar-refractivity contribution is 8.00. The summed E-state index contributed by atoms with van der Waals surface area (Å²) in [5.41, 5.74) is 1.06. The van der Waals surface area contributed by atoms with Gasteiger partial charge in [-0.25, -0.2) is 4.39 Å². The molecule has 104 valence electrons. The Balaban J connectivity index is 2.21. The van der Waals surface area contributed by atoms with Crippen LogP contribution in [0.1, 0.15) is 24.2 Å². The Labute approximate surface area is 122 Å². The van der Waals surface area contributed by atoms with Crippen molar-refractivity contribution in [3.63, 3.8) is 0 Å². The summed E-state index contributed by atoms with van der Waals surface area (Å²) >= 11 is 1.63. The van der Waals surface area contributed by atoms with E-state index in [4.69, 9.17) is 0 Å². The molecule has 0 atom stereocenters. The second-order valence-electron chi connectivity index (χ2n) is 4.63. The van der Waals surface area contributed by atoms with Gasteiger partial charge in [0, 0.05) is 15.8 Å². The molecule has 0 fully saturated rings. The second kappa shape index (κ2) is 6.57. The minimum absolute atomic E-state index is 0.223. The molecule has 2 aromatic rings. The summed E-state index contributed by atoms with van der Waals surface area (Å²) in [4.78, 5) is 13.2. The lowest BCUT2D eigenvalue weighted by Gasteiger charge is -2.11. The third kappa shape index (κ3) is 3.84. The SMILES string of the molecule is CC(C)Sc1ccccc1C(=O)Nc1cccc(F)c1. The van der Waals surface area contributed by atoms with Gasteiger partial charge in [0.1, 0.15) is 5.82 Å². The lowest BCUT2D eigenvalue weighted by atomic mass is 10.2. The molecule has 1 amide bonds. The first-order valence-corrected chi connectivity index (χ1v) is 7.27. The molecule has 0 bridgehead atoms. The molecular formula is C16H16FNOS. The van der Waals surface area contributed by atoms with Crippen molar-refractivity contribution in [2.45, 2.75) is 24.0 Å². The van der Waals surface area contributed by atoms with E-state index in [2.05, 4.69) is 19.2 Å². The molecule has 2 rings (SSSR count). The zero-order valence-corrected chi connectivity index (χ0v) is 12.2. The van der Waals surface area contributed by atoms with Crippen molar-refractivity contribution in [3.05, 3.63) is 59.9 Å². The minimum Gasteiger partial charge on any atom is -0.322 e. The molecule has 2 nitrogen and oxygen atoms in total. The van der Waals surface area contributed by atoms with Crippen LogP contribution in [0.2, 0.25) is 0 Å². The molecule has 0 saturated carbocycles. The first-order chi connectivity index (χ1) is 9.56. The fourth-order valence-corrected chi connectivity index (χ4v) is 2.73. The maximum Gasteiger partial charge on any atom is 0.256 e. The van der Waals surface area contributed by atoms with E-state index < -0.39 is 0 Å². The van der Waals surface area contributed by atoms with Gasteiger partial charge in [0.05, 0.1) is 5.56 Å². The van der Waals surface area contributed by atoms with Crippen molar-refractivity contribution >= 4 is 23.4 Å². The Hall–Kier alpha value is -1.81.